The maximum absolute atomic E-state index is 10.7. The van der Waals surface area contributed by atoms with Crippen LogP contribution in [0.5, 0.6) is 5.75 Å². The van der Waals surface area contributed by atoms with E-state index in [0.29, 0.717) is 17.0 Å². The number of phenols is 1. The molecule has 0 amide bonds. The number of halogens is 1. The van der Waals surface area contributed by atoms with Crippen LogP contribution in [0.2, 0.25) is 5.02 Å². The molecule has 0 saturated carbocycles. The number of aliphatic carboxylic acids is 1. The van der Waals surface area contributed by atoms with Gasteiger partial charge in [-0.15, -0.1) is 0 Å². The van der Waals surface area contributed by atoms with Crippen LogP contribution < -0.4 is 0 Å². The topological polar surface area (TPSA) is 60.8 Å². The van der Waals surface area contributed by atoms with Gasteiger partial charge in [0.05, 0.1) is 6.42 Å². The Hall–Kier alpha value is -1.26. The third kappa shape index (κ3) is 4.24. The van der Waals surface area contributed by atoms with E-state index in [1.165, 1.54) is 6.07 Å². The van der Waals surface area contributed by atoms with Crippen molar-refractivity contribution in [1.82, 2.24) is 4.90 Å². The van der Waals surface area contributed by atoms with Gasteiger partial charge in [0.15, 0.2) is 0 Å². The Bertz CT molecular complexity index is 407. The molecule has 0 aliphatic carbocycles. The van der Waals surface area contributed by atoms with E-state index >= 15 is 0 Å². The summed E-state index contributed by atoms with van der Waals surface area (Å²) in [4.78, 5) is 12.6. The summed E-state index contributed by atoms with van der Waals surface area (Å²) in [6.45, 7) is 0. The van der Waals surface area contributed by atoms with Crippen molar-refractivity contribution in [2.45, 2.75) is 18.9 Å². The Kier molecular flexibility index (Phi) is 4.78. The van der Waals surface area contributed by atoms with E-state index in [4.69, 9.17) is 16.7 Å². The van der Waals surface area contributed by atoms with Gasteiger partial charge in [-0.2, -0.15) is 0 Å². The number of benzene rings is 1. The van der Waals surface area contributed by atoms with Crippen molar-refractivity contribution < 1.29 is 15.0 Å². The van der Waals surface area contributed by atoms with Crippen molar-refractivity contribution >= 4 is 17.6 Å². The van der Waals surface area contributed by atoms with Crippen LogP contribution in [-0.4, -0.2) is 41.2 Å². The van der Waals surface area contributed by atoms with Crippen LogP contribution in [0.1, 0.15) is 12.0 Å². The molecule has 1 unspecified atom stereocenters. The van der Waals surface area contributed by atoms with Crippen molar-refractivity contribution in [2.75, 3.05) is 14.1 Å². The van der Waals surface area contributed by atoms with Crippen LogP contribution >= 0.6 is 11.6 Å². The molecule has 0 spiro atoms. The van der Waals surface area contributed by atoms with Gasteiger partial charge < -0.3 is 15.1 Å². The third-order valence-electron chi connectivity index (χ3n) is 2.64. The molecule has 1 atom stereocenters. The van der Waals surface area contributed by atoms with Gasteiger partial charge in [0.25, 0.3) is 0 Å². The van der Waals surface area contributed by atoms with Crippen molar-refractivity contribution in [3.05, 3.63) is 28.8 Å². The highest BCUT2D eigenvalue weighted by Gasteiger charge is 2.17. The summed E-state index contributed by atoms with van der Waals surface area (Å²) in [5, 5.41) is 19.0. The lowest BCUT2D eigenvalue weighted by molar-refractivity contribution is -0.138. The van der Waals surface area contributed by atoms with Crippen LogP contribution in [-0.2, 0) is 11.2 Å². The first-order chi connectivity index (χ1) is 7.90. The van der Waals surface area contributed by atoms with E-state index < -0.39 is 5.97 Å². The standard InChI is InChI=1S/C12H16ClNO3/c1-14(2)10(7-12(16)17)6-8-5-9(13)3-4-11(8)15/h3-5,10,15H,6-7H2,1-2H3,(H,16,17). The van der Waals surface area contributed by atoms with Crippen LogP contribution in [0.4, 0.5) is 0 Å². The number of likely N-dealkylation sites (N-methyl/N-ethyl adjacent to an activating group) is 1. The minimum atomic E-state index is -0.856. The molecule has 94 valence electrons. The third-order valence-corrected chi connectivity index (χ3v) is 2.87. The second kappa shape index (κ2) is 5.89. The predicted molar refractivity (Wildman–Crippen MR) is 66.5 cm³/mol. The molecule has 0 saturated heterocycles. The van der Waals surface area contributed by atoms with Crippen LogP contribution in [0.25, 0.3) is 0 Å². The number of nitrogens with zero attached hydrogens (tertiary/aromatic N) is 1. The second-order valence-electron chi connectivity index (χ2n) is 4.19. The van der Waals surface area contributed by atoms with Gasteiger partial charge in [0, 0.05) is 11.1 Å². The zero-order valence-corrected chi connectivity index (χ0v) is 10.6. The first-order valence-corrected chi connectivity index (χ1v) is 5.63. The number of hydrogen-bond donors (Lipinski definition) is 2. The molecule has 0 heterocycles. The molecular weight excluding hydrogens is 242 g/mol. The van der Waals surface area contributed by atoms with Crippen molar-refractivity contribution in [3.8, 4) is 5.75 Å². The number of carboxylic acid groups (broad SMARTS) is 1. The van der Waals surface area contributed by atoms with Gasteiger partial charge in [-0.3, -0.25) is 4.79 Å². The minimum absolute atomic E-state index is 0.0267. The van der Waals surface area contributed by atoms with E-state index in [1.54, 1.807) is 12.1 Å². The average molecular weight is 258 g/mol. The number of rotatable bonds is 5. The van der Waals surface area contributed by atoms with E-state index in [-0.39, 0.29) is 18.2 Å². The molecule has 4 nitrogen and oxygen atoms in total. The maximum Gasteiger partial charge on any atom is 0.304 e. The van der Waals surface area contributed by atoms with Gasteiger partial charge in [-0.1, -0.05) is 11.6 Å². The zero-order chi connectivity index (χ0) is 13.0. The highest BCUT2D eigenvalue weighted by atomic mass is 35.5. The fourth-order valence-electron chi connectivity index (χ4n) is 1.61. The van der Waals surface area contributed by atoms with Gasteiger partial charge in [0.1, 0.15) is 5.75 Å². The molecule has 1 aromatic rings. The average Bonchev–Trinajstić information content (AvgIpc) is 2.21. The van der Waals surface area contributed by atoms with E-state index in [0.717, 1.165) is 0 Å². The number of phenolic OH excluding ortho intramolecular Hbond substituents is 1. The van der Waals surface area contributed by atoms with Crippen molar-refractivity contribution in [2.24, 2.45) is 0 Å². The lowest BCUT2D eigenvalue weighted by Crippen LogP contribution is -2.32. The lowest BCUT2D eigenvalue weighted by Gasteiger charge is -2.23. The summed E-state index contributed by atoms with van der Waals surface area (Å²) in [6, 6.07) is 4.61. The second-order valence-corrected chi connectivity index (χ2v) is 4.63. The number of aromatic hydroxyl groups is 1. The summed E-state index contributed by atoms with van der Waals surface area (Å²) in [5.41, 5.74) is 0.664. The molecule has 0 bridgehead atoms. The first kappa shape index (κ1) is 13.8. The molecule has 0 radical (unpaired) electrons. The molecule has 0 aliphatic heterocycles. The molecule has 0 aliphatic rings. The SMILES string of the molecule is CN(C)C(CC(=O)O)Cc1cc(Cl)ccc1O. The predicted octanol–water partition coefficient (Wildman–Crippen LogP) is 1.99. The van der Waals surface area contributed by atoms with E-state index in [9.17, 15) is 9.90 Å². The van der Waals surface area contributed by atoms with Crippen LogP contribution in [0.3, 0.4) is 0 Å². The lowest BCUT2D eigenvalue weighted by atomic mass is 10.0. The van der Waals surface area contributed by atoms with E-state index in [2.05, 4.69) is 0 Å². The highest BCUT2D eigenvalue weighted by Crippen LogP contribution is 2.24. The minimum Gasteiger partial charge on any atom is -0.508 e. The van der Waals surface area contributed by atoms with Crippen LogP contribution in [0, 0.1) is 0 Å². The Morgan fingerprint density at radius 2 is 2.12 bits per heavy atom. The Labute approximate surface area is 105 Å². The molecule has 17 heavy (non-hydrogen) atoms. The van der Waals surface area contributed by atoms with Gasteiger partial charge in [0.2, 0.25) is 0 Å². The molecule has 5 heteroatoms. The summed E-state index contributed by atoms with van der Waals surface area (Å²) >= 11 is 5.84. The summed E-state index contributed by atoms with van der Waals surface area (Å²) in [5.74, 6) is -0.711. The molecular formula is C12H16ClNO3. The fraction of sp³-hybridized carbons (Fsp3) is 0.417. The largest absolute Gasteiger partial charge is 0.508 e. The highest BCUT2D eigenvalue weighted by molar-refractivity contribution is 6.30. The van der Waals surface area contributed by atoms with Crippen molar-refractivity contribution in [1.29, 1.82) is 0 Å². The molecule has 2 N–H and O–H groups in total. The normalized spacial score (nSPS) is 12.7. The molecule has 0 fully saturated rings. The maximum atomic E-state index is 10.7. The van der Waals surface area contributed by atoms with Gasteiger partial charge >= 0.3 is 5.97 Å². The quantitative estimate of drug-likeness (QED) is 0.847. The van der Waals surface area contributed by atoms with Crippen LogP contribution in [0.15, 0.2) is 18.2 Å². The Morgan fingerprint density at radius 1 is 1.47 bits per heavy atom. The molecule has 1 rings (SSSR count). The summed E-state index contributed by atoms with van der Waals surface area (Å²) in [6.07, 6.45) is 0.477. The summed E-state index contributed by atoms with van der Waals surface area (Å²) in [7, 11) is 3.63. The van der Waals surface area contributed by atoms with Crippen molar-refractivity contribution in [3.63, 3.8) is 0 Å². The first-order valence-electron chi connectivity index (χ1n) is 5.25. The van der Waals surface area contributed by atoms with E-state index in [1.807, 2.05) is 19.0 Å². The van der Waals surface area contributed by atoms with Gasteiger partial charge in [-0.25, -0.2) is 0 Å². The number of carbonyl (C=O) groups is 1. The molecule has 1 aromatic carbocycles. The number of hydrogen-bond acceptors (Lipinski definition) is 3. The van der Waals surface area contributed by atoms with Gasteiger partial charge in [-0.05, 0) is 44.3 Å². The Morgan fingerprint density at radius 3 is 2.65 bits per heavy atom. The summed E-state index contributed by atoms with van der Waals surface area (Å²) < 4.78 is 0. The molecule has 0 aromatic heterocycles. The smallest absolute Gasteiger partial charge is 0.304 e. The number of carboxylic acids is 1. The monoisotopic (exact) mass is 257 g/mol. The Balaban J connectivity index is 2.85. The zero-order valence-electron chi connectivity index (χ0n) is 9.85. The fourth-order valence-corrected chi connectivity index (χ4v) is 1.81.